The van der Waals surface area contributed by atoms with E-state index in [9.17, 15) is 4.79 Å². The third kappa shape index (κ3) is 4.05. The molecule has 1 aromatic heterocycles. The van der Waals surface area contributed by atoms with Crippen LogP contribution in [0.2, 0.25) is 10.0 Å². The maximum Gasteiger partial charge on any atom is 0.272 e. The molecule has 0 bridgehead atoms. The summed E-state index contributed by atoms with van der Waals surface area (Å²) in [4.78, 5) is 11.7. The zero-order valence-corrected chi connectivity index (χ0v) is 16.8. The van der Waals surface area contributed by atoms with Gasteiger partial charge in [0.2, 0.25) is 0 Å². The fourth-order valence-electron chi connectivity index (χ4n) is 2.75. The Morgan fingerprint density at radius 1 is 1.04 bits per heavy atom. The number of hydrogen-bond donors (Lipinski definition) is 0. The molecule has 0 aliphatic heterocycles. The number of halogens is 3. The van der Waals surface area contributed by atoms with Crippen LogP contribution in [-0.2, 0) is 6.54 Å². The molecule has 0 amide bonds. The first kappa shape index (κ1) is 19.5. The Kier molecular flexibility index (Phi) is 5.95. The molecule has 1 heterocycles. The largest absolute Gasteiger partial charge is 0.496 e. The molecule has 0 radical (unpaired) electrons. The van der Waals surface area contributed by atoms with E-state index in [0.717, 1.165) is 5.56 Å². The first-order valence-corrected chi connectivity index (χ1v) is 9.01. The van der Waals surface area contributed by atoms with Crippen molar-refractivity contribution in [3.63, 3.8) is 0 Å². The number of carbonyl (C=O) groups excluding carboxylic acids is 1. The van der Waals surface area contributed by atoms with Gasteiger partial charge in [0.15, 0.2) is 0 Å². The number of hydrogen-bond acceptors (Lipinski definition) is 4. The van der Waals surface area contributed by atoms with E-state index in [-0.39, 0.29) is 5.69 Å². The van der Waals surface area contributed by atoms with Crippen LogP contribution in [0.25, 0.3) is 11.3 Å². The number of carbonyl (C=O) groups is 1. The van der Waals surface area contributed by atoms with E-state index in [1.807, 2.05) is 12.1 Å². The Morgan fingerprint density at radius 2 is 1.70 bits per heavy atom. The topological polar surface area (TPSA) is 53.4 Å². The van der Waals surface area contributed by atoms with Gasteiger partial charge in [-0.2, -0.15) is 5.10 Å². The second-order valence-electron chi connectivity index (χ2n) is 5.63. The number of aromatic nitrogens is 2. The van der Waals surface area contributed by atoms with E-state index < -0.39 is 5.24 Å². The quantitative estimate of drug-likeness (QED) is 0.503. The monoisotopic (exact) mass is 424 g/mol. The number of methoxy groups -OCH3 is 2. The Morgan fingerprint density at radius 3 is 2.26 bits per heavy atom. The smallest absolute Gasteiger partial charge is 0.272 e. The van der Waals surface area contributed by atoms with Gasteiger partial charge in [0.25, 0.3) is 5.24 Å². The average Bonchev–Trinajstić information content (AvgIpc) is 3.07. The van der Waals surface area contributed by atoms with Crippen LogP contribution in [0.3, 0.4) is 0 Å². The molecule has 0 saturated heterocycles. The SMILES string of the molecule is COc1cccc(OC)c1-c1cc(C(=O)Cl)nn1Cc1ccc(Cl)c(Cl)c1. The molecule has 0 aliphatic carbocycles. The Hall–Kier alpha value is -2.21. The molecule has 0 unspecified atom stereocenters. The molecule has 0 aliphatic rings. The summed E-state index contributed by atoms with van der Waals surface area (Å²) in [5.74, 6) is 1.16. The first-order chi connectivity index (χ1) is 12.9. The second kappa shape index (κ2) is 8.21. The van der Waals surface area contributed by atoms with E-state index in [1.54, 1.807) is 49.2 Å². The summed E-state index contributed by atoms with van der Waals surface area (Å²) in [7, 11) is 3.12. The van der Waals surface area contributed by atoms with Crippen molar-refractivity contribution < 1.29 is 14.3 Å². The van der Waals surface area contributed by atoms with Crippen LogP contribution in [0.4, 0.5) is 0 Å². The van der Waals surface area contributed by atoms with Gasteiger partial charge in [0.1, 0.15) is 17.2 Å². The molecule has 0 fully saturated rings. The van der Waals surface area contributed by atoms with E-state index >= 15 is 0 Å². The molecule has 8 heteroatoms. The lowest BCUT2D eigenvalue weighted by Crippen LogP contribution is -2.06. The Balaban J connectivity index is 2.16. The van der Waals surface area contributed by atoms with Crippen LogP contribution in [0.5, 0.6) is 11.5 Å². The molecule has 3 aromatic rings. The van der Waals surface area contributed by atoms with Crippen molar-refractivity contribution in [2.45, 2.75) is 6.54 Å². The zero-order valence-electron chi connectivity index (χ0n) is 14.5. The Labute approximate surface area is 171 Å². The molecular formula is C19H15Cl3N2O3. The maximum atomic E-state index is 11.7. The van der Waals surface area contributed by atoms with Gasteiger partial charge in [-0.05, 0) is 47.5 Å². The van der Waals surface area contributed by atoms with Gasteiger partial charge in [-0.3, -0.25) is 9.48 Å². The highest BCUT2D eigenvalue weighted by molar-refractivity contribution is 6.67. The van der Waals surface area contributed by atoms with Crippen LogP contribution < -0.4 is 9.47 Å². The minimum absolute atomic E-state index is 0.125. The molecule has 5 nitrogen and oxygen atoms in total. The molecule has 0 spiro atoms. The summed E-state index contributed by atoms with van der Waals surface area (Å²) >= 11 is 17.8. The molecule has 0 saturated carbocycles. The highest BCUT2D eigenvalue weighted by atomic mass is 35.5. The zero-order chi connectivity index (χ0) is 19.6. The van der Waals surface area contributed by atoms with Gasteiger partial charge in [0.05, 0.1) is 42.1 Å². The fraction of sp³-hybridized carbons (Fsp3) is 0.158. The van der Waals surface area contributed by atoms with Crippen LogP contribution in [0.15, 0.2) is 42.5 Å². The van der Waals surface area contributed by atoms with Crippen LogP contribution in [0.1, 0.15) is 16.1 Å². The lowest BCUT2D eigenvalue weighted by atomic mass is 10.1. The standard InChI is InChI=1S/C19H15Cl3N2O3/c1-26-16-4-3-5-17(27-2)18(16)15-9-14(19(22)25)23-24(15)10-11-6-7-12(20)13(21)8-11/h3-9H,10H2,1-2H3. The molecule has 0 atom stereocenters. The number of benzene rings is 2. The van der Waals surface area contributed by atoms with Crippen molar-refractivity contribution in [3.8, 4) is 22.8 Å². The molecule has 0 N–H and O–H groups in total. The van der Waals surface area contributed by atoms with Crippen molar-refractivity contribution in [2.75, 3.05) is 14.2 Å². The van der Waals surface area contributed by atoms with Crippen molar-refractivity contribution in [3.05, 3.63) is 63.8 Å². The summed E-state index contributed by atoms with van der Waals surface area (Å²) in [6.07, 6.45) is 0. The van der Waals surface area contributed by atoms with Crippen LogP contribution in [-0.4, -0.2) is 29.2 Å². The number of rotatable bonds is 6. The number of ether oxygens (including phenoxy) is 2. The summed E-state index contributed by atoms with van der Waals surface area (Å²) in [5.41, 5.74) is 2.27. The summed E-state index contributed by atoms with van der Waals surface area (Å²) in [5, 5.41) is 4.58. The van der Waals surface area contributed by atoms with Gasteiger partial charge >= 0.3 is 0 Å². The lowest BCUT2D eigenvalue weighted by molar-refractivity contribution is 0.107. The van der Waals surface area contributed by atoms with Gasteiger partial charge in [0, 0.05) is 0 Å². The van der Waals surface area contributed by atoms with Gasteiger partial charge < -0.3 is 9.47 Å². The summed E-state index contributed by atoms with van der Waals surface area (Å²) < 4.78 is 12.6. The molecule has 3 rings (SSSR count). The summed E-state index contributed by atoms with van der Waals surface area (Å²) in [6, 6.07) is 12.3. The van der Waals surface area contributed by atoms with Crippen LogP contribution >= 0.6 is 34.8 Å². The predicted molar refractivity (Wildman–Crippen MR) is 107 cm³/mol. The molecule has 2 aromatic carbocycles. The lowest BCUT2D eigenvalue weighted by Gasteiger charge is -2.15. The summed E-state index contributed by atoms with van der Waals surface area (Å²) in [6.45, 7) is 0.345. The van der Waals surface area contributed by atoms with Crippen molar-refractivity contribution in [2.24, 2.45) is 0 Å². The normalized spacial score (nSPS) is 10.7. The van der Waals surface area contributed by atoms with Crippen LogP contribution in [0, 0.1) is 0 Å². The molecule has 27 heavy (non-hydrogen) atoms. The maximum absolute atomic E-state index is 11.7. The highest BCUT2D eigenvalue weighted by Crippen LogP contribution is 2.39. The van der Waals surface area contributed by atoms with E-state index in [1.165, 1.54) is 0 Å². The molecule has 140 valence electrons. The first-order valence-electron chi connectivity index (χ1n) is 7.87. The third-order valence-electron chi connectivity index (χ3n) is 3.98. The third-order valence-corrected chi connectivity index (χ3v) is 4.91. The second-order valence-corrected chi connectivity index (χ2v) is 6.79. The van der Waals surface area contributed by atoms with Gasteiger partial charge in [-0.25, -0.2) is 0 Å². The minimum atomic E-state index is -0.655. The Bertz CT molecular complexity index is 980. The van der Waals surface area contributed by atoms with Crippen molar-refractivity contribution in [1.29, 1.82) is 0 Å². The van der Waals surface area contributed by atoms with Crippen molar-refractivity contribution in [1.82, 2.24) is 9.78 Å². The van der Waals surface area contributed by atoms with Gasteiger partial charge in [-0.15, -0.1) is 0 Å². The fourth-order valence-corrected chi connectivity index (χ4v) is 3.16. The minimum Gasteiger partial charge on any atom is -0.496 e. The highest BCUT2D eigenvalue weighted by Gasteiger charge is 2.21. The molecular weight excluding hydrogens is 411 g/mol. The van der Waals surface area contributed by atoms with E-state index in [4.69, 9.17) is 44.3 Å². The predicted octanol–water partition coefficient (Wildman–Crippen LogP) is 5.30. The number of nitrogens with zero attached hydrogens (tertiary/aromatic N) is 2. The van der Waals surface area contributed by atoms with Gasteiger partial charge in [-0.1, -0.05) is 35.3 Å². The van der Waals surface area contributed by atoms with E-state index in [2.05, 4.69) is 5.10 Å². The van der Waals surface area contributed by atoms with Crippen molar-refractivity contribution >= 4 is 40.0 Å². The average molecular weight is 426 g/mol. The van der Waals surface area contributed by atoms with E-state index in [0.29, 0.717) is 39.3 Å².